The van der Waals surface area contributed by atoms with E-state index in [2.05, 4.69) is 42.0 Å². The highest BCUT2D eigenvalue weighted by molar-refractivity contribution is 9.10. The van der Waals surface area contributed by atoms with E-state index in [4.69, 9.17) is 9.97 Å². The summed E-state index contributed by atoms with van der Waals surface area (Å²) in [6.07, 6.45) is 7.41. The fourth-order valence-electron chi connectivity index (χ4n) is 3.04. The molecule has 1 saturated carbocycles. The van der Waals surface area contributed by atoms with E-state index >= 15 is 0 Å². The molecule has 0 aromatic carbocycles. The molecular weight excluding hydrogens is 314 g/mol. The molecule has 1 fully saturated rings. The van der Waals surface area contributed by atoms with Crippen LogP contribution < -0.4 is 5.32 Å². The SMILES string of the molecule is CCNc1nc(C2CCC(CC)CC2)nc(CC)c1Br. The predicted molar refractivity (Wildman–Crippen MR) is 88.3 cm³/mol. The number of aryl methyl sites for hydroxylation is 1. The molecule has 0 radical (unpaired) electrons. The van der Waals surface area contributed by atoms with Crippen molar-refractivity contribution in [2.75, 3.05) is 11.9 Å². The third-order valence-corrected chi connectivity index (χ3v) is 5.24. The van der Waals surface area contributed by atoms with Crippen molar-refractivity contribution in [2.45, 2.75) is 65.2 Å². The Morgan fingerprint density at radius 3 is 2.35 bits per heavy atom. The van der Waals surface area contributed by atoms with Gasteiger partial charge < -0.3 is 5.32 Å². The second kappa shape index (κ2) is 7.39. The van der Waals surface area contributed by atoms with Crippen LogP contribution in [0.3, 0.4) is 0 Å². The van der Waals surface area contributed by atoms with Gasteiger partial charge in [0.05, 0.1) is 10.2 Å². The van der Waals surface area contributed by atoms with Crippen molar-refractivity contribution < 1.29 is 0 Å². The Hall–Kier alpha value is -0.640. The summed E-state index contributed by atoms with van der Waals surface area (Å²) in [6, 6.07) is 0. The number of rotatable bonds is 5. The van der Waals surface area contributed by atoms with Crippen molar-refractivity contribution in [3.05, 3.63) is 16.0 Å². The van der Waals surface area contributed by atoms with Crippen LogP contribution in [0.25, 0.3) is 0 Å². The van der Waals surface area contributed by atoms with E-state index in [1.807, 2.05) is 0 Å². The molecule has 0 unspecified atom stereocenters. The maximum absolute atomic E-state index is 4.81. The highest BCUT2D eigenvalue weighted by atomic mass is 79.9. The van der Waals surface area contributed by atoms with E-state index in [0.717, 1.165) is 40.7 Å². The number of anilines is 1. The second-order valence-electron chi connectivity index (χ2n) is 5.70. The number of nitrogens with one attached hydrogen (secondary N) is 1. The first kappa shape index (κ1) is 15.7. The summed E-state index contributed by atoms with van der Waals surface area (Å²) in [5, 5.41) is 3.35. The minimum atomic E-state index is 0.550. The average Bonchev–Trinajstić information content (AvgIpc) is 2.49. The molecule has 4 heteroatoms. The Bertz CT molecular complexity index is 440. The lowest BCUT2D eigenvalue weighted by Crippen LogP contribution is -2.17. The summed E-state index contributed by atoms with van der Waals surface area (Å²) in [4.78, 5) is 9.59. The Balaban J connectivity index is 2.21. The molecule has 3 nitrogen and oxygen atoms in total. The van der Waals surface area contributed by atoms with Crippen molar-refractivity contribution in [1.29, 1.82) is 0 Å². The van der Waals surface area contributed by atoms with Crippen molar-refractivity contribution >= 4 is 21.7 Å². The van der Waals surface area contributed by atoms with Crippen LogP contribution in [0.2, 0.25) is 0 Å². The number of halogens is 1. The summed E-state index contributed by atoms with van der Waals surface area (Å²) in [7, 11) is 0. The van der Waals surface area contributed by atoms with Gasteiger partial charge in [-0.3, -0.25) is 0 Å². The van der Waals surface area contributed by atoms with Crippen molar-refractivity contribution in [1.82, 2.24) is 9.97 Å². The number of hydrogen-bond acceptors (Lipinski definition) is 3. The highest BCUT2D eigenvalue weighted by Gasteiger charge is 2.24. The Labute approximate surface area is 131 Å². The lowest BCUT2D eigenvalue weighted by atomic mass is 9.80. The van der Waals surface area contributed by atoms with Crippen molar-refractivity contribution in [3.8, 4) is 0 Å². The van der Waals surface area contributed by atoms with E-state index in [1.165, 1.54) is 32.1 Å². The lowest BCUT2D eigenvalue weighted by molar-refractivity contribution is 0.312. The summed E-state index contributed by atoms with van der Waals surface area (Å²) < 4.78 is 1.04. The van der Waals surface area contributed by atoms with Crippen LogP contribution in [0.5, 0.6) is 0 Å². The minimum Gasteiger partial charge on any atom is -0.369 e. The molecule has 1 heterocycles. The molecular formula is C16H26BrN3. The molecule has 1 N–H and O–H groups in total. The van der Waals surface area contributed by atoms with E-state index in [0.29, 0.717) is 5.92 Å². The van der Waals surface area contributed by atoms with Gasteiger partial charge in [0.1, 0.15) is 11.6 Å². The molecule has 0 amide bonds. The van der Waals surface area contributed by atoms with Gasteiger partial charge in [0.2, 0.25) is 0 Å². The van der Waals surface area contributed by atoms with Gasteiger partial charge in [-0.05, 0) is 60.9 Å². The van der Waals surface area contributed by atoms with Crippen LogP contribution in [-0.4, -0.2) is 16.5 Å². The fourth-order valence-corrected chi connectivity index (χ4v) is 3.64. The molecule has 0 saturated heterocycles. The summed E-state index contributed by atoms with van der Waals surface area (Å²) >= 11 is 3.63. The molecule has 20 heavy (non-hydrogen) atoms. The van der Waals surface area contributed by atoms with Gasteiger partial charge >= 0.3 is 0 Å². The van der Waals surface area contributed by atoms with Crippen LogP contribution in [0.1, 0.15) is 70.3 Å². The zero-order valence-corrected chi connectivity index (χ0v) is 14.5. The lowest BCUT2D eigenvalue weighted by Gasteiger charge is -2.27. The first-order chi connectivity index (χ1) is 9.69. The summed E-state index contributed by atoms with van der Waals surface area (Å²) in [5.74, 6) is 3.48. The van der Waals surface area contributed by atoms with Crippen LogP contribution in [0.4, 0.5) is 5.82 Å². The second-order valence-corrected chi connectivity index (χ2v) is 6.49. The maximum atomic E-state index is 4.81. The summed E-state index contributed by atoms with van der Waals surface area (Å²) in [6.45, 7) is 7.45. The predicted octanol–water partition coefficient (Wildman–Crippen LogP) is 4.92. The minimum absolute atomic E-state index is 0.550. The first-order valence-electron chi connectivity index (χ1n) is 7.99. The van der Waals surface area contributed by atoms with Crippen molar-refractivity contribution in [3.63, 3.8) is 0 Å². The van der Waals surface area contributed by atoms with Gasteiger partial charge in [0, 0.05) is 12.5 Å². The van der Waals surface area contributed by atoms with Gasteiger partial charge in [-0.2, -0.15) is 0 Å². The molecule has 1 aromatic rings. The van der Waals surface area contributed by atoms with E-state index < -0.39 is 0 Å². The molecule has 0 atom stereocenters. The average molecular weight is 340 g/mol. The first-order valence-corrected chi connectivity index (χ1v) is 8.78. The topological polar surface area (TPSA) is 37.8 Å². The third-order valence-electron chi connectivity index (χ3n) is 4.41. The monoisotopic (exact) mass is 339 g/mol. The van der Waals surface area contributed by atoms with Gasteiger partial charge in [-0.25, -0.2) is 9.97 Å². The molecule has 1 aliphatic rings. The number of nitrogens with zero attached hydrogens (tertiary/aromatic N) is 2. The molecule has 2 rings (SSSR count). The molecule has 0 spiro atoms. The zero-order chi connectivity index (χ0) is 14.5. The highest BCUT2D eigenvalue weighted by Crippen LogP contribution is 2.37. The fraction of sp³-hybridized carbons (Fsp3) is 0.750. The quantitative estimate of drug-likeness (QED) is 0.827. The molecule has 1 aromatic heterocycles. The van der Waals surface area contributed by atoms with E-state index in [-0.39, 0.29) is 0 Å². The van der Waals surface area contributed by atoms with E-state index in [1.54, 1.807) is 0 Å². The normalized spacial score (nSPS) is 22.8. The molecule has 112 valence electrons. The molecule has 0 aliphatic heterocycles. The van der Waals surface area contributed by atoms with Gasteiger partial charge in [0.15, 0.2) is 0 Å². The van der Waals surface area contributed by atoms with Gasteiger partial charge in [-0.15, -0.1) is 0 Å². The number of hydrogen-bond donors (Lipinski definition) is 1. The standard InChI is InChI=1S/C16H26BrN3/c1-4-11-7-9-12(10-8-11)15-19-13(5-2)14(17)16(20-15)18-6-3/h11-12H,4-10H2,1-3H3,(H,18,19,20). The Morgan fingerprint density at radius 1 is 1.10 bits per heavy atom. The zero-order valence-electron chi connectivity index (χ0n) is 12.9. The third kappa shape index (κ3) is 3.51. The van der Waals surface area contributed by atoms with Crippen LogP contribution in [0, 0.1) is 5.92 Å². The Kier molecular flexibility index (Phi) is 5.82. The van der Waals surface area contributed by atoms with Crippen LogP contribution in [0.15, 0.2) is 4.47 Å². The summed E-state index contributed by atoms with van der Waals surface area (Å²) in [5.41, 5.74) is 1.13. The van der Waals surface area contributed by atoms with Gasteiger partial charge in [-0.1, -0.05) is 20.3 Å². The van der Waals surface area contributed by atoms with Crippen LogP contribution >= 0.6 is 15.9 Å². The van der Waals surface area contributed by atoms with Gasteiger partial charge in [0.25, 0.3) is 0 Å². The smallest absolute Gasteiger partial charge is 0.144 e. The molecule has 1 aliphatic carbocycles. The Morgan fingerprint density at radius 2 is 1.80 bits per heavy atom. The largest absolute Gasteiger partial charge is 0.369 e. The van der Waals surface area contributed by atoms with Crippen LogP contribution in [-0.2, 0) is 6.42 Å². The molecule has 0 bridgehead atoms. The van der Waals surface area contributed by atoms with Crippen molar-refractivity contribution in [2.24, 2.45) is 5.92 Å². The van der Waals surface area contributed by atoms with E-state index in [9.17, 15) is 0 Å². The number of aromatic nitrogens is 2. The maximum Gasteiger partial charge on any atom is 0.144 e.